The number of hydrogen-bond donors (Lipinski definition) is 2. The van der Waals surface area contributed by atoms with Crippen molar-refractivity contribution in [1.29, 1.82) is 0 Å². The van der Waals surface area contributed by atoms with Crippen LogP contribution in [-0.2, 0) is 6.54 Å². The molecule has 0 aliphatic carbocycles. The maximum atomic E-state index is 5.89. The fourth-order valence-electron chi connectivity index (χ4n) is 2.17. The number of benzene rings is 3. The van der Waals surface area contributed by atoms with Gasteiger partial charge in [-0.15, -0.1) is 0 Å². The molecule has 3 aromatic rings. The summed E-state index contributed by atoms with van der Waals surface area (Å²) in [6.07, 6.45) is 0. The molecule has 0 heterocycles. The molecule has 110 valence electrons. The van der Waals surface area contributed by atoms with E-state index in [0.29, 0.717) is 0 Å². The van der Waals surface area contributed by atoms with E-state index in [0.717, 1.165) is 28.6 Å². The van der Waals surface area contributed by atoms with Gasteiger partial charge in [-0.3, -0.25) is 0 Å². The van der Waals surface area contributed by atoms with Crippen LogP contribution in [0, 0.1) is 0 Å². The minimum atomic E-state index is 0.764. The van der Waals surface area contributed by atoms with Gasteiger partial charge in [-0.1, -0.05) is 41.9 Å². The molecule has 0 atom stereocenters. The van der Waals surface area contributed by atoms with Crippen LogP contribution in [0.1, 0.15) is 5.56 Å². The summed E-state index contributed by atoms with van der Waals surface area (Å²) in [5.41, 5.74) is 4.46. The van der Waals surface area contributed by atoms with Gasteiger partial charge in [0.1, 0.15) is 0 Å². The van der Waals surface area contributed by atoms with Gasteiger partial charge in [0.15, 0.2) is 0 Å². The fourth-order valence-corrected chi connectivity index (χ4v) is 2.29. The number of nitrogens with one attached hydrogen (secondary N) is 2. The van der Waals surface area contributed by atoms with E-state index < -0.39 is 0 Å². The van der Waals surface area contributed by atoms with Gasteiger partial charge in [0, 0.05) is 28.6 Å². The molecule has 0 unspecified atom stereocenters. The molecular weight excluding hydrogens is 292 g/mol. The van der Waals surface area contributed by atoms with Gasteiger partial charge in [-0.05, 0) is 54.1 Å². The Bertz CT molecular complexity index is 707. The van der Waals surface area contributed by atoms with Gasteiger partial charge in [0.25, 0.3) is 0 Å². The molecule has 2 nitrogen and oxygen atoms in total. The summed E-state index contributed by atoms with van der Waals surface area (Å²) >= 11 is 5.89. The highest BCUT2D eigenvalue weighted by atomic mass is 35.5. The zero-order valence-electron chi connectivity index (χ0n) is 12.1. The van der Waals surface area contributed by atoms with Crippen molar-refractivity contribution < 1.29 is 0 Å². The van der Waals surface area contributed by atoms with Crippen molar-refractivity contribution in [2.45, 2.75) is 6.54 Å². The number of rotatable bonds is 5. The predicted molar refractivity (Wildman–Crippen MR) is 94.9 cm³/mol. The summed E-state index contributed by atoms with van der Waals surface area (Å²) in [6, 6.07) is 26.3. The average molecular weight is 309 g/mol. The Balaban J connectivity index is 1.58. The van der Waals surface area contributed by atoms with Crippen molar-refractivity contribution in [2.75, 3.05) is 10.6 Å². The summed E-state index contributed by atoms with van der Waals surface area (Å²) in [5.74, 6) is 0. The molecule has 0 fully saturated rings. The summed E-state index contributed by atoms with van der Waals surface area (Å²) < 4.78 is 0. The van der Waals surface area contributed by atoms with Crippen molar-refractivity contribution in [3.8, 4) is 0 Å². The number of halogens is 1. The van der Waals surface area contributed by atoms with Crippen LogP contribution < -0.4 is 10.6 Å². The first-order valence-corrected chi connectivity index (χ1v) is 7.58. The molecule has 22 heavy (non-hydrogen) atoms. The summed E-state index contributed by atoms with van der Waals surface area (Å²) in [7, 11) is 0. The van der Waals surface area contributed by atoms with Crippen molar-refractivity contribution in [2.24, 2.45) is 0 Å². The first-order chi connectivity index (χ1) is 10.8. The van der Waals surface area contributed by atoms with Crippen LogP contribution in [0.5, 0.6) is 0 Å². The minimum absolute atomic E-state index is 0.764. The van der Waals surface area contributed by atoms with Crippen LogP contribution in [0.15, 0.2) is 78.9 Å². The number of hydrogen-bond acceptors (Lipinski definition) is 2. The molecule has 2 N–H and O–H groups in total. The van der Waals surface area contributed by atoms with Crippen LogP contribution >= 0.6 is 11.6 Å². The smallest absolute Gasteiger partial charge is 0.0406 e. The molecule has 0 aromatic heterocycles. The lowest BCUT2D eigenvalue weighted by Crippen LogP contribution is -1.99. The zero-order valence-corrected chi connectivity index (χ0v) is 12.8. The van der Waals surface area contributed by atoms with Crippen LogP contribution in [-0.4, -0.2) is 0 Å². The van der Waals surface area contributed by atoms with Crippen molar-refractivity contribution in [3.05, 3.63) is 89.4 Å². The lowest BCUT2D eigenvalue weighted by Gasteiger charge is -2.09. The van der Waals surface area contributed by atoms with Crippen molar-refractivity contribution in [1.82, 2.24) is 0 Å². The third-order valence-electron chi connectivity index (χ3n) is 3.36. The highest BCUT2D eigenvalue weighted by molar-refractivity contribution is 6.30. The van der Waals surface area contributed by atoms with E-state index in [9.17, 15) is 0 Å². The fraction of sp³-hybridized carbons (Fsp3) is 0.0526. The highest BCUT2D eigenvalue weighted by Gasteiger charge is 1.97. The van der Waals surface area contributed by atoms with Crippen LogP contribution in [0.3, 0.4) is 0 Å². The number of anilines is 3. The molecule has 0 amide bonds. The average Bonchev–Trinajstić information content (AvgIpc) is 2.57. The summed E-state index contributed by atoms with van der Waals surface area (Å²) in [5, 5.41) is 7.53. The lowest BCUT2D eigenvalue weighted by atomic mass is 10.2. The Morgan fingerprint density at radius 2 is 1.23 bits per heavy atom. The molecule has 0 saturated heterocycles. The van der Waals surface area contributed by atoms with E-state index in [1.807, 2.05) is 54.6 Å². The number of para-hydroxylation sites is 1. The highest BCUT2D eigenvalue weighted by Crippen LogP contribution is 2.19. The summed E-state index contributed by atoms with van der Waals surface area (Å²) in [4.78, 5) is 0. The monoisotopic (exact) mass is 308 g/mol. The summed E-state index contributed by atoms with van der Waals surface area (Å²) in [6.45, 7) is 0.780. The molecule has 0 saturated carbocycles. The molecule has 3 heteroatoms. The normalized spacial score (nSPS) is 10.2. The quantitative estimate of drug-likeness (QED) is 0.632. The van der Waals surface area contributed by atoms with Gasteiger partial charge in [-0.2, -0.15) is 0 Å². The van der Waals surface area contributed by atoms with E-state index in [1.54, 1.807) is 0 Å². The lowest BCUT2D eigenvalue weighted by molar-refractivity contribution is 1.15. The molecule has 0 bridgehead atoms. The second kappa shape index (κ2) is 7.01. The van der Waals surface area contributed by atoms with Crippen LogP contribution in [0.4, 0.5) is 17.1 Å². The van der Waals surface area contributed by atoms with E-state index in [1.165, 1.54) is 5.56 Å². The predicted octanol–water partition coefficient (Wildman–Crippen LogP) is 5.70. The van der Waals surface area contributed by atoms with E-state index in [4.69, 9.17) is 11.6 Å². The largest absolute Gasteiger partial charge is 0.381 e. The van der Waals surface area contributed by atoms with Gasteiger partial charge >= 0.3 is 0 Å². The Morgan fingerprint density at radius 3 is 1.91 bits per heavy atom. The maximum absolute atomic E-state index is 5.89. The first kappa shape index (κ1) is 14.5. The van der Waals surface area contributed by atoms with Gasteiger partial charge in [-0.25, -0.2) is 0 Å². The SMILES string of the molecule is Clc1ccc(CNc2ccc(Nc3ccccc3)cc2)cc1. The Kier molecular flexibility index (Phi) is 4.62. The molecule has 3 aromatic carbocycles. The van der Waals surface area contributed by atoms with Crippen LogP contribution in [0.2, 0.25) is 5.02 Å². The van der Waals surface area contributed by atoms with Gasteiger partial charge in [0.2, 0.25) is 0 Å². The molecule has 0 spiro atoms. The van der Waals surface area contributed by atoms with Crippen LogP contribution in [0.25, 0.3) is 0 Å². The molecule has 3 rings (SSSR count). The third kappa shape index (κ3) is 4.03. The second-order valence-corrected chi connectivity index (χ2v) is 5.48. The third-order valence-corrected chi connectivity index (χ3v) is 3.61. The Labute approximate surface area is 135 Å². The zero-order chi connectivity index (χ0) is 15.2. The van der Waals surface area contributed by atoms with Gasteiger partial charge < -0.3 is 10.6 Å². The minimum Gasteiger partial charge on any atom is -0.381 e. The molecule has 0 radical (unpaired) electrons. The molecule has 0 aliphatic rings. The maximum Gasteiger partial charge on any atom is 0.0406 e. The second-order valence-electron chi connectivity index (χ2n) is 5.05. The van der Waals surface area contributed by atoms with Crippen molar-refractivity contribution >= 4 is 28.7 Å². The Hall–Kier alpha value is -2.45. The van der Waals surface area contributed by atoms with E-state index >= 15 is 0 Å². The van der Waals surface area contributed by atoms with E-state index in [2.05, 4.69) is 34.9 Å². The molecule has 0 aliphatic heterocycles. The standard InChI is InChI=1S/C19H17ClN2/c20-16-8-6-15(7-9-16)14-21-17-10-12-19(13-11-17)22-18-4-2-1-3-5-18/h1-13,21-22H,14H2. The van der Waals surface area contributed by atoms with Crippen molar-refractivity contribution in [3.63, 3.8) is 0 Å². The molecular formula is C19H17ClN2. The first-order valence-electron chi connectivity index (χ1n) is 7.20. The topological polar surface area (TPSA) is 24.1 Å². The Morgan fingerprint density at radius 1 is 0.636 bits per heavy atom. The van der Waals surface area contributed by atoms with E-state index in [-0.39, 0.29) is 0 Å². The van der Waals surface area contributed by atoms with Gasteiger partial charge in [0.05, 0.1) is 0 Å².